The molecule has 0 saturated heterocycles. The van der Waals surface area contributed by atoms with Crippen LogP contribution in [0.25, 0.3) is 0 Å². The number of nitrogens with zero attached hydrogens (tertiary/aromatic N) is 3. The van der Waals surface area contributed by atoms with Gasteiger partial charge in [-0.3, -0.25) is 34.0 Å². The number of fused-ring (bicyclic) bond motifs is 1. The van der Waals surface area contributed by atoms with Crippen molar-refractivity contribution in [3.63, 3.8) is 0 Å². The molecule has 3 heterocycles. The Balaban J connectivity index is 0.00000840. The number of aryl methyl sites for hydroxylation is 1. The number of pyridine rings is 2. The number of aromatic nitrogens is 2. The van der Waals surface area contributed by atoms with Gasteiger partial charge in [-0.05, 0) is 117 Å². The van der Waals surface area contributed by atoms with E-state index in [9.17, 15) is 29.1 Å². The number of carbonyl (C=O) groups excluding carboxylic acids is 4. The molecule has 0 fully saturated rings. The Morgan fingerprint density at radius 1 is 0.731 bits per heavy atom. The summed E-state index contributed by atoms with van der Waals surface area (Å²) in [4.78, 5) is 75.9. The van der Waals surface area contributed by atoms with Gasteiger partial charge in [0, 0.05) is 69.9 Å². The number of anilines is 2. The van der Waals surface area contributed by atoms with E-state index in [2.05, 4.69) is 41.5 Å². The van der Waals surface area contributed by atoms with Gasteiger partial charge in [-0.25, -0.2) is 4.79 Å². The number of nitrogens with one attached hydrogen (secondary N) is 5. The number of para-hydroxylation sites is 1. The van der Waals surface area contributed by atoms with Crippen molar-refractivity contribution in [2.75, 3.05) is 30.5 Å². The third-order valence-electron chi connectivity index (χ3n) is 11.0. The molecular formula is C50H58N8O8Tc. The number of unbranched alkanes of at least 4 members (excludes halogenated alkanes) is 3. The van der Waals surface area contributed by atoms with Crippen molar-refractivity contribution >= 4 is 41.1 Å². The smallest absolute Gasteiger partial charge is 0.323 e. The second-order valence-corrected chi connectivity index (χ2v) is 16.2. The normalized spacial score (nSPS) is 12.3. The maximum absolute atomic E-state index is 13.9. The number of carboxylic acids is 1. The molecule has 6 rings (SSSR count). The van der Waals surface area contributed by atoms with E-state index < -0.39 is 42.3 Å². The van der Waals surface area contributed by atoms with Crippen molar-refractivity contribution in [2.45, 2.75) is 89.9 Å². The Morgan fingerprint density at radius 3 is 2.12 bits per heavy atom. The summed E-state index contributed by atoms with van der Waals surface area (Å²) < 4.78 is 10.9. The van der Waals surface area contributed by atoms with E-state index in [0.717, 1.165) is 42.8 Å². The largest absolute Gasteiger partial charge is 0.481 e. The van der Waals surface area contributed by atoms with Gasteiger partial charge >= 0.3 is 12.0 Å². The van der Waals surface area contributed by atoms with Crippen LogP contribution in [0.3, 0.4) is 0 Å². The van der Waals surface area contributed by atoms with Crippen LogP contribution in [0, 0.1) is 6.92 Å². The Labute approximate surface area is 404 Å². The summed E-state index contributed by atoms with van der Waals surface area (Å²) in [5.74, 6) is -1.18. The van der Waals surface area contributed by atoms with Crippen LogP contribution in [0.1, 0.15) is 85.5 Å². The molecule has 2 aromatic heterocycles. The number of rotatable bonds is 25. The molecule has 6 N–H and O–H groups in total. The average molecular weight is 997 g/mol. The topological polar surface area (TPSA) is 213 Å². The molecule has 1 radical (unpaired) electrons. The SMILES string of the molecule is Cc1ccccc1NC(=O)Nc1ccc(CC(=O)N[C@@H](CCCCNC(=O)CCCCCN(Cc2ccccn2)Cc2ccccn2)C(=O)N[C@@H](CC(=O)O)c2ccc3c(c2)OCO3)cc1.[Tc]. The number of carbonyl (C=O) groups is 5. The molecule has 0 aliphatic carbocycles. The molecule has 3 aromatic carbocycles. The minimum Gasteiger partial charge on any atom is -0.481 e. The van der Waals surface area contributed by atoms with Crippen LogP contribution >= 0.6 is 0 Å². The summed E-state index contributed by atoms with van der Waals surface area (Å²) in [7, 11) is 0. The molecule has 5 amide bonds. The fourth-order valence-corrected chi connectivity index (χ4v) is 7.48. The van der Waals surface area contributed by atoms with Gasteiger partial charge in [0.15, 0.2) is 11.5 Å². The molecule has 0 bridgehead atoms. The van der Waals surface area contributed by atoms with Gasteiger partial charge < -0.3 is 41.2 Å². The molecule has 5 aromatic rings. The summed E-state index contributed by atoms with van der Waals surface area (Å²) in [6, 6.07) is 28.7. The monoisotopic (exact) mass is 995 g/mol. The summed E-state index contributed by atoms with van der Waals surface area (Å²) in [5.41, 5.74) is 5.27. The van der Waals surface area contributed by atoms with Gasteiger partial charge in [-0.15, -0.1) is 0 Å². The summed E-state index contributed by atoms with van der Waals surface area (Å²) >= 11 is 0. The van der Waals surface area contributed by atoms with E-state index in [1.807, 2.05) is 67.6 Å². The van der Waals surface area contributed by atoms with Gasteiger partial charge in [-0.2, -0.15) is 0 Å². The Kier molecular flexibility index (Phi) is 20.7. The van der Waals surface area contributed by atoms with E-state index in [1.54, 1.807) is 54.9 Å². The van der Waals surface area contributed by atoms with Crippen molar-refractivity contribution in [1.82, 2.24) is 30.8 Å². The Morgan fingerprint density at radius 2 is 1.43 bits per heavy atom. The fraction of sp³-hybridized carbons (Fsp3) is 0.340. The first kappa shape index (κ1) is 51.3. The van der Waals surface area contributed by atoms with Crippen LogP contribution in [0.15, 0.2) is 116 Å². The molecule has 1 aliphatic rings. The van der Waals surface area contributed by atoms with Gasteiger partial charge in [0.25, 0.3) is 0 Å². The molecule has 0 unspecified atom stereocenters. The summed E-state index contributed by atoms with van der Waals surface area (Å²) in [5, 5.41) is 24.0. The van der Waals surface area contributed by atoms with Gasteiger partial charge in [0.05, 0.1) is 30.3 Å². The number of benzene rings is 3. The first-order valence-corrected chi connectivity index (χ1v) is 22.3. The average Bonchev–Trinajstić information content (AvgIpc) is 3.78. The minimum atomic E-state index is -1.12. The maximum Gasteiger partial charge on any atom is 0.323 e. The van der Waals surface area contributed by atoms with Gasteiger partial charge in [0.1, 0.15) is 6.04 Å². The number of ether oxygens (including phenoxy) is 2. The molecule has 1 aliphatic heterocycles. The molecule has 0 saturated carbocycles. The molecule has 16 nitrogen and oxygen atoms in total. The molecule has 67 heavy (non-hydrogen) atoms. The first-order chi connectivity index (χ1) is 32.1. The standard InChI is InChI=1S/C50H58N8O8.Tc/c1-35-13-4-5-16-41(35)57-50(64)54-38-22-19-36(20-23-38)29-47(60)55-42(49(63)56-43(31-48(61)62)37-21-24-44-45(30-37)66-34-65-44)17-8-11-27-53-46(59)18-3-2-12-28-58(32-39-14-6-9-25-51-39)33-40-15-7-10-26-52-40;/h4-7,9-10,13-16,19-26,30,42-43H,2-3,8,11-12,17-18,27-29,31-34H2,1H3,(H,53,59)(H,55,60)(H,56,63)(H,61,62)(H2,54,57,64);/t42-,43-;/m0./s1. The van der Waals surface area contributed by atoms with Crippen molar-refractivity contribution in [3.8, 4) is 11.5 Å². The number of hydrogen-bond donors (Lipinski definition) is 6. The minimum absolute atomic E-state index is 0. The molecular weight excluding hydrogens is 939 g/mol. The quantitative estimate of drug-likeness (QED) is 0.0326. The van der Waals surface area contributed by atoms with Crippen LogP contribution in [0.5, 0.6) is 11.5 Å². The van der Waals surface area contributed by atoms with E-state index in [0.29, 0.717) is 72.9 Å². The summed E-state index contributed by atoms with van der Waals surface area (Å²) in [6.45, 7) is 4.58. The van der Waals surface area contributed by atoms with E-state index in [-0.39, 0.29) is 45.6 Å². The fourth-order valence-electron chi connectivity index (χ4n) is 7.48. The number of hydrogen-bond acceptors (Lipinski definition) is 10. The third kappa shape index (κ3) is 17.6. The number of aliphatic carboxylic acids is 1. The zero-order valence-corrected chi connectivity index (χ0v) is 39.4. The number of amides is 5. The summed E-state index contributed by atoms with van der Waals surface area (Å²) in [6.07, 6.45) is 7.34. The molecule has 353 valence electrons. The maximum atomic E-state index is 13.9. The zero-order valence-electron chi connectivity index (χ0n) is 37.5. The van der Waals surface area contributed by atoms with E-state index in [4.69, 9.17) is 9.47 Å². The number of carboxylic acid groups (broad SMARTS) is 1. The second kappa shape index (κ2) is 27.1. The van der Waals surface area contributed by atoms with Crippen LogP contribution < -0.4 is 36.1 Å². The van der Waals surface area contributed by atoms with Crippen molar-refractivity contribution in [2.24, 2.45) is 0 Å². The predicted octanol–water partition coefficient (Wildman–Crippen LogP) is 7.06. The van der Waals surface area contributed by atoms with Gasteiger partial charge in [-0.1, -0.05) is 55.0 Å². The molecule has 2 atom stereocenters. The van der Waals surface area contributed by atoms with Crippen LogP contribution in [0.2, 0.25) is 0 Å². The van der Waals surface area contributed by atoms with E-state index >= 15 is 0 Å². The first-order valence-electron chi connectivity index (χ1n) is 22.3. The second-order valence-electron chi connectivity index (χ2n) is 16.2. The van der Waals surface area contributed by atoms with Gasteiger partial charge in [0.2, 0.25) is 24.5 Å². The molecule has 17 heteroatoms. The van der Waals surface area contributed by atoms with Crippen molar-refractivity contribution in [1.29, 1.82) is 0 Å². The Bertz CT molecular complexity index is 2330. The van der Waals surface area contributed by atoms with Crippen molar-refractivity contribution in [3.05, 3.63) is 144 Å². The van der Waals surface area contributed by atoms with E-state index in [1.165, 1.54) is 0 Å². The van der Waals surface area contributed by atoms with Crippen LogP contribution in [-0.4, -0.2) is 75.6 Å². The third-order valence-corrected chi connectivity index (χ3v) is 11.0. The molecule has 0 spiro atoms. The Hall–Kier alpha value is -6.68. The van der Waals surface area contributed by atoms with Crippen molar-refractivity contribution < 1.29 is 58.7 Å². The zero-order chi connectivity index (χ0) is 46.5. The van der Waals surface area contributed by atoms with Crippen LogP contribution in [0.4, 0.5) is 16.2 Å². The number of urea groups is 1. The van der Waals surface area contributed by atoms with Crippen LogP contribution in [-0.2, 0) is 58.8 Å². The predicted molar refractivity (Wildman–Crippen MR) is 250 cm³/mol.